The van der Waals surface area contributed by atoms with E-state index >= 15 is 0 Å². The van der Waals surface area contributed by atoms with Crippen LogP contribution >= 0.6 is 0 Å². The maximum atomic E-state index is 13.3. The van der Waals surface area contributed by atoms with Crippen molar-refractivity contribution in [3.63, 3.8) is 0 Å². The third kappa shape index (κ3) is 3.08. The summed E-state index contributed by atoms with van der Waals surface area (Å²) < 4.78 is 13.3. The Kier molecular flexibility index (Phi) is 4.35. The molecular formula is C17H23FN4O. The Labute approximate surface area is 135 Å². The van der Waals surface area contributed by atoms with E-state index < -0.39 is 0 Å². The number of rotatable bonds is 4. The van der Waals surface area contributed by atoms with Gasteiger partial charge in [0.25, 0.3) is 5.91 Å². The van der Waals surface area contributed by atoms with E-state index in [1.165, 1.54) is 12.1 Å². The third-order valence-corrected chi connectivity index (χ3v) is 4.66. The molecule has 1 N–H and O–H groups in total. The second kappa shape index (κ2) is 6.28. The monoisotopic (exact) mass is 318 g/mol. The summed E-state index contributed by atoms with van der Waals surface area (Å²) in [5.74, 6) is 0.338. The number of likely N-dealkylation sites (tertiary alicyclic amines) is 1. The van der Waals surface area contributed by atoms with Crippen LogP contribution in [0.5, 0.6) is 0 Å². The number of carbonyl (C=O) groups is 1. The number of halogens is 1. The first-order valence-corrected chi connectivity index (χ1v) is 8.10. The fourth-order valence-electron chi connectivity index (χ4n) is 3.49. The first kappa shape index (κ1) is 15.9. The van der Waals surface area contributed by atoms with Crippen molar-refractivity contribution in [2.24, 2.45) is 5.92 Å². The fourth-order valence-corrected chi connectivity index (χ4v) is 3.49. The molecular weight excluding hydrogens is 295 g/mol. The van der Waals surface area contributed by atoms with Gasteiger partial charge in [-0.3, -0.25) is 4.79 Å². The Hall–Kier alpha value is -1.95. The Balaban J connectivity index is 1.81. The van der Waals surface area contributed by atoms with E-state index in [-0.39, 0.29) is 11.7 Å². The Bertz CT molecular complexity index is 712. The Morgan fingerprint density at radius 2 is 2.22 bits per heavy atom. The number of hydrogen-bond donors (Lipinski definition) is 1. The van der Waals surface area contributed by atoms with Crippen molar-refractivity contribution >= 4 is 16.9 Å². The number of imidazole rings is 1. The standard InChI is InChI=1S/C17H23FN4O/c1-4-5-11-9-22(10-15(11)21(2)3)17(23)16-19-13-7-6-12(18)8-14(13)20-16/h6-8,11,15H,4-5,9-10H2,1-3H3,(H,19,20). The topological polar surface area (TPSA) is 52.2 Å². The van der Waals surface area contributed by atoms with Crippen LogP contribution in [0.2, 0.25) is 0 Å². The van der Waals surface area contributed by atoms with Crippen molar-refractivity contribution in [3.05, 3.63) is 29.8 Å². The van der Waals surface area contributed by atoms with E-state index in [1.807, 2.05) is 4.90 Å². The van der Waals surface area contributed by atoms with Crippen LogP contribution in [0.4, 0.5) is 4.39 Å². The highest BCUT2D eigenvalue weighted by Crippen LogP contribution is 2.26. The van der Waals surface area contributed by atoms with Crippen molar-refractivity contribution in [2.45, 2.75) is 25.8 Å². The van der Waals surface area contributed by atoms with Crippen LogP contribution in [-0.2, 0) is 0 Å². The van der Waals surface area contributed by atoms with E-state index in [0.29, 0.717) is 35.4 Å². The molecule has 1 aromatic heterocycles. The van der Waals surface area contributed by atoms with Crippen LogP contribution in [0.15, 0.2) is 18.2 Å². The molecule has 5 nitrogen and oxygen atoms in total. The quantitative estimate of drug-likeness (QED) is 0.942. The van der Waals surface area contributed by atoms with Crippen molar-refractivity contribution < 1.29 is 9.18 Å². The first-order chi connectivity index (χ1) is 11.0. The predicted octanol–water partition coefficient (Wildman–Crippen LogP) is 2.50. The van der Waals surface area contributed by atoms with Gasteiger partial charge in [0.1, 0.15) is 5.82 Å². The summed E-state index contributed by atoms with van der Waals surface area (Å²) >= 11 is 0. The number of fused-ring (bicyclic) bond motifs is 1. The second-order valence-electron chi connectivity index (χ2n) is 6.54. The normalized spacial score (nSPS) is 21.5. The lowest BCUT2D eigenvalue weighted by Gasteiger charge is -2.24. The zero-order chi connectivity index (χ0) is 16.6. The molecule has 0 radical (unpaired) electrons. The van der Waals surface area contributed by atoms with Crippen LogP contribution < -0.4 is 0 Å². The number of hydrogen-bond acceptors (Lipinski definition) is 3. The molecule has 0 saturated carbocycles. The van der Waals surface area contributed by atoms with Crippen LogP contribution in [-0.4, -0.2) is 58.9 Å². The number of aromatic nitrogens is 2. The molecule has 1 amide bonds. The number of carbonyl (C=O) groups excluding carboxylic acids is 1. The van der Waals surface area contributed by atoms with E-state index in [1.54, 1.807) is 6.07 Å². The molecule has 23 heavy (non-hydrogen) atoms. The van der Waals surface area contributed by atoms with Gasteiger partial charge in [-0.05, 0) is 44.6 Å². The van der Waals surface area contributed by atoms with Gasteiger partial charge >= 0.3 is 0 Å². The number of likely N-dealkylation sites (N-methyl/N-ethyl adjacent to an activating group) is 1. The molecule has 1 aliphatic rings. The van der Waals surface area contributed by atoms with Gasteiger partial charge in [0, 0.05) is 19.1 Å². The van der Waals surface area contributed by atoms with Crippen molar-refractivity contribution in [3.8, 4) is 0 Å². The molecule has 2 atom stereocenters. The molecule has 1 aliphatic heterocycles. The maximum Gasteiger partial charge on any atom is 0.289 e. The van der Waals surface area contributed by atoms with Crippen molar-refractivity contribution in [1.29, 1.82) is 0 Å². The summed E-state index contributed by atoms with van der Waals surface area (Å²) in [6.45, 7) is 3.63. The lowest BCUT2D eigenvalue weighted by atomic mass is 9.98. The summed E-state index contributed by atoms with van der Waals surface area (Å²) in [7, 11) is 4.12. The molecule has 2 aromatic rings. The minimum absolute atomic E-state index is 0.105. The second-order valence-corrected chi connectivity index (χ2v) is 6.54. The Morgan fingerprint density at radius 1 is 1.43 bits per heavy atom. The highest BCUT2D eigenvalue weighted by atomic mass is 19.1. The molecule has 2 heterocycles. The van der Waals surface area contributed by atoms with Gasteiger partial charge in [0.2, 0.25) is 0 Å². The summed E-state index contributed by atoms with van der Waals surface area (Å²) in [5.41, 5.74) is 1.17. The number of H-pyrrole nitrogens is 1. The van der Waals surface area contributed by atoms with E-state index in [4.69, 9.17) is 0 Å². The first-order valence-electron chi connectivity index (χ1n) is 8.10. The zero-order valence-corrected chi connectivity index (χ0v) is 13.8. The maximum absolute atomic E-state index is 13.3. The van der Waals surface area contributed by atoms with Gasteiger partial charge in [-0.15, -0.1) is 0 Å². The van der Waals surface area contributed by atoms with Gasteiger partial charge < -0.3 is 14.8 Å². The number of amides is 1. The molecule has 1 fully saturated rings. The minimum Gasteiger partial charge on any atom is -0.334 e. The molecule has 3 rings (SSSR count). The number of nitrogens with one attached hydrogen (secondary N) is 1. The van der Waals surface area contributed by atoms with Crippen molar-refractivity contribution in [1.82, 2.24) is 19.8 Å². The van der Waals surface area contributed by atoms with E-state index in [9.17, 15) is 9.18 Å². The average Bonchev–Trinajstić information content (AvgIpc) is 3.10. The lowest BCUT2D eigenvalue weighted by molar-refractivity contribution is 0.0770. The van der Waals surface area contributed by atoms with E-state index in [0.717, 1.165) is 19.4 Å². The fraction of sp³-hybridized carbons (Fsp3) is 0.529. The molecule has 0 bridgehead atoms. The molecule has 1 saturated heterocycles. The predicted molar refractivity (Wildman–Crippen MR) is 87.8 cm³/mol. The molecule has 0 spiro atoms. The molecule has 0 aliphatic carbocycles. The average molecular weight is 318 g/mol. The molecule has 124 valence electrons. The van der Waals surface area contributed by atoms with Crippen LogP contribution in [0.3, 0.4) is 0 Å². The summed E-state index contributed by atoms with van der Waals surface area (Å²) in [6.07, 6.45) is 2.22. The number of nitrogens with zero attached hydrogens (tertiary/aromatic N) is 3. The Morgan fingerprint density at radius 3 is 2.91 bits per heavy atom. The largest absolute Gasteiger partial charge is 0.334 e. The van der Waals surface area contributed by atoms with Crippen LogP contribution in [0, 0.1) is 11.7 Å². The van der Waals surface area contributed by atoms with Crippen LogP contribution in [0.25, 0.3) is 11.0 Å². The summed E-state index contributed by atoms with van der Waals surface area (Å²) in [4.78, 5) is 24.1. The summed E-state index contributed by atoms with van der Waals surface area (Å²) in [6, 6.07) is 4.68. The SMILES string of the molecule is CCCC1CN(C(=O)c2nc3ccc(F)cc3[nH]2)CC1N(C)C. The lowest BCUT2D eigenvalue weighted by Crippen LogP contribution is -2.36. The molecule has 2 unspecified atom stereocenters. The highest BCUT2D eigenvalue weighted by Gasteiger charge is 2.36. The molecule has 6 heteroatoms. The smallest absolute Gasteiger partial charge is 0.289 e. The van der Waals surface area contributed by atoms with Crippen LogP contribution in [0.1, 0.15) is 30.4 Å². The van der Waals surface area contributed by atoms with Crippen molar-refractivity contribution in [2.75, 3.05) is 27.2 Å². The van der Waals surface area contributed by atoms with Gasteiger partial charge in [-0.1, -0.05) is 13.3 Å². The third-order valence-electron chi connectivity index (χ3n) is 4.66. The van der Waals surface area contributed by atoms with Gasteiger partial charge in [-0.25, -0.2) is 9.37 Å². The van der Waals surface area contributed by atoms with Gasteiger partial charge in [-0.2, -0.15) is 0 Å². The van der Waals surface area contributed by atoms with E-state index in [2.05, 4.69) is 35.9 Å². The van der Waals surface area contributed by atoms with Gasteiger partial charge in [0.15, 0.2) is 5.82 Å². The highest BCUT2D eigenvalue weighted by molar-refractivity contribution is 5.94. The molecule has 1 aromatic carbocycles. The minimum atomic E-state index is -0.336. The number of benzene rings is 1. The number of aromatic amines is 1. The van der Waals surface area contributed by atoms with Gasteiger partial charge in [0.05, 0.1) is 11.0 Å². The summed E-state index contributed by atoms with van der Waals surface area (Å²) in [5, 5.41) is 0. The zero-order valence-electron chi connectivity index (χ0n) is 13.8.